The van der Waals surface area contributed by atoms with Crippen molar-refractivity contribution in [3.05, 3.63) is 56.7 Å². The van der Waals surface area contributed by atoms with Gasteiger partial charge in [0.15, 0.2) is 0 Å². The molecule has 1 nitrogen and oxygen atoms in total. The van der Waals surface area contributed by atoms with Gasteiger partial charge >= 0.3 is 0 Å². The van der Waals surface area contributed by atoms with Gasteiger partial charge in [-0.1, -0.05) is 44.2 Å². The lowest BCUT2D eigenvalue weighted by Gasteiger charge is -2.40. The van der Waals surface area contributed by atoms with Crippen LogP contribution in [-0.4, -0.2) is 13.1 Å². The Balaban J connectivity index is 2.34. The fraction of sp³-hybridized carbons (Fsp3) is 0.444. The van der Waals surface area contributed by atoms with Gasteiger partial charge < -0.3 is 5.32 Å². The monoisotopic (exact) mass is 365 g/mol. The summed E-state index contributed by atoms with van der Waals surface area (Å²) < 4.78 is 1.21. The van der Waals surface area contributed by atoms with Crippen LogP contribution in [0.4, 0.5) is 0 Å². The van der Waals surface area contributed by atoms with Crippen LogP contribution in [-0.2, 0) is 11.8 Å². The first kappa shape index (κ1) is 16.7. The third-order valence-corrected chi connectivity index (χ3v) is 6.31. The highest BCUT2D eigenvalue weighted by atomic mass is 79.9. The van der Waals surface area contributed by atoms with Crippen LogP contribution in [0.3, 0.4) is 0 Å². The number of hydrogen-bond acceptors (Lipinski definition) is 2. The zero-order valence-corrected chi connectivity index (χ0v) is 15.4. The molecule has 0 aliphatic heterocycles. The molecule has 2 rings (SSSR count). The Kier molecular flexibility index (Phi) is 6.03. The molecule has 0 spiro atoms. The molecule has 0 bridgehead atoms. The highest BCUT2D eigenvalue weighted by Gasteiger charge is 2.36. The molecule has 0 saturated carbocycles. The lowest BCUT2D eigenvalue weighted by molar-refractivity contribution is 0.281. The average Bonchev–Trinajstić information content (AvgIpc) is 2.94. The fourth-order valence-corrected chi connectivity index (χ4v) is 4.89. The van der Waals surface area contributed by atoms with Crippen LogP contribution < -0.4 is 5.32 Å². The summed E-state index contributed by atoms with van der Waals surface area (Å²) in [7, 11) is 2.09. The molecule has 0 amide bonds. The van der Waals surface area contributed by atoms with Crippen LogP contribution in [0.2, 0.25) is 0 Å². The SMILES string of the molecule is CCC(CC)(c1ccccc1)C(Cc1ccc(Br)s1)NC. The number of hydrogen-bond donors (Lipinski definition) is 1. The summed E-state index contributed by atoms with van der Waals surface area (Å²) in [6, 6.07) is 15.8. The van der Waals surface area contributed by atoms with Crippen molar-refractivity contribution in [1.29, 1.82) is 0 Å². The first-order valence-corrected chi connectivity index (χ1v) is 9.24. The van der Waals surface area contributed by atoms with Crippen LogP contribution >= 0.6 is 27.3 Å². The second-order valence-corrected chi connectivity index (χ2v) is 8.03. The van der Waals surface area contributed by atoms with Gasteiger partial charge in [-0.05, 0) is 59.9 Å². The van der Waals surface area contributed by atoms with E-state index in [0.29, 0.717) is 6.04 Å². The summed E-state index contributed by atoms with van der Waals surface area (Å²) in [6.07, 6.45) is 3.36. The molecule has 0 aliphatic carbocycles. The van der Waals surface area contributed by atoms with Crippen LogP contribution in [0.1, 0.15) is 37.1 Å². The Hall–Kier alpha value is -0.640. The molecule has 0 radical (unpaired) electrons. The summed E-state index contributed by atoms with van der Waals surface area (Å²) in [5.74, 6) is 0. The lowest BCUT2D eigenvalue weighted by atomic mass is 9.69. The standard InChI is InChI=1S/C18H24BrNS/c1-4-18(5-2,14-9-7-6-8-10-14)16(20-3)13-15-11-12-17(19)21-15/h6-12,16,20H,4-5,13H2,1-3H3. The smallest absolute Gasteiger partial charge is 0.0701 e. The van der Waals surface area contributed by atoms with E-state index >= 15 is 0 Å². The van der Waals surface area contributed by atoms with Gasteiger partial charge in [-0.3, -0.25) is 0 Å². The lowest BCUT2D eigenvalue weighted by Crippen LogP contribution is -2.47. The summed E-state index contributed by atoms with van der Waals surface area (Å²) >= 11 is 5.41. The minimum Gasteiger partial charge on any atom is -0.316 e. The maximum absolute atomic E-state index is 3.59. The van der Waals surface area contributed by atoms with E-state index < -0.39 is 0 Å². The van der Waals surface area contributed by atoms with E-state index in [1.165, 1.54) is 14.2 Å². The normalized spacial score (nSPS) is 13.3. The Morgan fingerprint density at radius 3 is 2.24 bits per heavy atom. The summed E-state index contributed by atoms with van der Waals surface area (Å²) in [5, 5.41) is 3.59. The molecule has 1 N–H and O–H groups in total. The van der Waals surface area contributed by atoms with Crippen molar-refractivity contribution in [3.63, 3.8) is 0 Å². The van der Waals surface area contributed by atoms with Gasteiger partial charge in [-0.2, -0.15) is 0 Å². The summed E-state index contributed by atoms with van der Waals surface area (Å²) in [6.45, 7) is 4.62. The highest BCUT2D eigenvalue weighted by molar-refractivity contribution is 9.11. The van der Waals surface area contributed by atoms with Crippen molar-refractivity contribution in [3.8, 4) is 0 Å². The van der Waals surface area contributed by atoms with Gasteiger partial charge in [-0.25, -0.2) is 0 Å². The predicted molar refractivity (Wildman–Crippen MR) is 97.3 cm³/mol. The Labute approximate surface area is 140 Å². The average molecular weight is 366 g/mol. The number of benzene rings is 1. The number of likely N-dealkylation sites (N-methyl/N-ethyl adjacent to an activating group) is 1. The molecule has 1 aromatic carbocycles. The quantitative estimate of drug-likeness (QED) is 0.692. The summed E-state index contributed by atoms with van der Waals surface area (Å²) in [4.78, 5) is 1.43. The second kappa shape index (κ2) is 7.57. The Morgan fingerprint density at radius 1 is 1.10 bits per heavy atom. The Bertz CT molecular complexity index is 545. The van der Waals surface area contributed by atoms with E-state index in [1.807, 2.05) is 11.3 Å². The van der Waals surface area contributed by atoms with Gasteiger partial charge in [0.05, 0.1) is 3.79 Å². The minimum absolute atomic E-state index is 0.187. The van der Waals surface area contributed by atoms with Gasteiger partial charge in [-0.15, -0.1) is 11.3 Å². The number of nitrogens with one attached hydrogen (secondary N) is 1. The molecule has 0 aliphatic rings. The summed E-state index contributed by atoms with van der Waals surface area (Å²) in [5.41, 5.74) is 1.64. The molecule has 114 valence electrons. The van der Waals surface area contributed by atoms with E-state index in [4.69, 9.17) is 0 Å². The third-order valence-electron chi connectivity index (χ3n) is 4.66. The van der Waals surface area contributed by atoms with E-state index in [2.05, 4.69) is 84.6 Å². The van der Waals surface area contributed by atoms with E-state index in [-0.39, 0.29) is 5.41 Å². The first-order chi connectivity index (χ1) is 10.2. The topological polar surface area (TPSA) is 12.0 Å². The van der Waals surface area contributed by atoms with Gasteiger partial charge in [0.25, 0.3) is 0 Å². The molecule has 1 unspecified atom stereocenters. The van der Waals surface area contributed by atoms with Crippen molar-refractivity contribution in [1.82, 2.24) is 5.32 Å². The first-order valence-electron chi connectivity index (χ1n) is 7.63. The van der Waals surface area contributed by atoms with Crippen LogP contribution in [0.5, 0.6) is 0 Å². The molecule has 1 heterocycles. The van der Waals surface area contributed by atoms with Crippen molar-refractivity contribution in [2.24, 2.45) is 0 Å². The van der Waals surface area contributed by atoms with Crippen molar-refractivity contribution in [2.45, 2.75) is 44.6 Å². The molecule has 0 saturated heterocycles. The largest absolute Gasteiger partial charge is 0.316 e. The minimum atomic E-state index is 0.187. The van der Waals surface area contributed by atoms with Crippen molar-refractivity contribution >= 4 is 27.3 Å². The van der Waals surface area contributed by atoms with E-state index in [1.54, 1.807) is 0 Å². The maximum Gasteiger partial charge on any atom is 0.0701 e. The molecule has 2 aromatic rings. The molecule has 1 aromatic heterocycles. The van der Waals surface area contributed by atoms with Crippen molar-refractivity contribution in [2.75, 3.05) is 7.05 Å². The molecule has 21 heavy (non-hydrogen) atoms. The molecular weight excluding hydrogens is 342 g/mol. The van der Waals surface area contributed by atoms with Crippen LogP contribution in [0.15, 0.2) is 46.3 Å². The van der Waals surface area contributed by atoms with Gasteiger partial charge in [0.2, 0.25) is 0 Å². The number of rotatable bonds is 7. The third kappa shape index (κ3) is 3.58. The van der Waals surface area contributed by atoms with E-state index in [0.717, 1.165) is 19.3 Å². The maximum atomic E-state index is 3.59. The van der Waals surface area contributed by atoms with Gasteiger partial charge in [0.1, 0.15) is 0 Å². The van der Waals surface area contributed by atoms with Crippen LogP contribution in [0, 0.1) is 0 Å². The Morgan fingerprint density at radius 2 is 1.76 bits per heavy atom. The number of halogens is 1. The van der Waals surface area contributed by atoms with Gasteiger partial charge in [0, 0.05) is 16.3 Å². The van der Waals surface area contributed by atoms with E-state index in [9.17, 15) is 0 Å². The molecule has 3 heteroatoms. The van der Waals surface area contributed by atoms with Crippen LogP contribution in [0.25, 0.3) is 0 Å². The molecular formula is C18H24BrNS. The number of thiophene rings is 1. The molecule has 1 atom stereocenters. The zero-order chi connectivity index (χ0) is 15.3. The predicted octanol–water partition coefficient (Wildman–Crippen LogP) is 5.40. The van der Waals surface area contributed by atoms with Crippen molar-refractivity contribution < 1.29 is 0 Å². The fourth-order valence-electron chi connectivity index (χ4n) is 3.36. The highest BCUT2D eigenvalue weighted by Crippen LogP contribution is 2.37. The molecule has 0 fully saturated rings. The zero-order valence-electron chi connectivity index (χ0n) is 13.0. The second-order valence-electron chi connectivity index (χ2n) is 5.48.